The average molecular weight is 308 g/mol. The fourth-order valence-electron chi connectivity index (χ4n) is 1.94. The van der Waals surface area contributed by atoms with Crippen LogP contribution >= 0.6 is 0 Å². The molecule has 0 aliphatic heterocycles. The number of anilines is 2. The van der Waals surface area contributed by atoms with Crippen LogP contribution in [0, 0.1) is 11.3 Å². The van der Waals surface area contributed by atoms with Crippen LogP contribution in [0.4, 0.5) is 16.2 Å². The molecule has 0 aromatic heterocycles. The summed E-state index contributed by atoms with van der Waals surface area (Å²) >= 11 is 0. The van der Waals surface area contributed by atoms with Crippen molar-refractivity contribution >= 4 is 23.2 Å². The van der Waals surface area contributed by atoms with E-state index in [4.69, 9.17) is 11.1 Å². The fourth-order valence-corrected chi connectivity index (χ4v) is 1.94. The van der Waals surface area contributed by atoms with Gasteiger partial charge in [-0.15, -0.1) is 0 Å². The van der Waals surface area contributed by atoms with Crippen molar-refractivity contribution in [2.24, 2.45) is 10.8 Å². The van der Waals surface area contributed by atoms with Crippen LogP contribution in [0.2, 0.25) is 0 Å². The number of nitrogens with zero attached hydrogens (tertiary/aromatic N) is 2. The Morgan fingerprint density at radius 2 is 1.83 bits per heavy atom. The summed E-state index contributed by atoms with van der Waals surface area (Å²) in [7, 11) is 1.62. The van der Waals surface area contributed by atoms with Gasteiger partial charge < -0.3 is 16.1 Å². The average Bonchev–Trinajstić information content (AvgIpc) is 2.57. The molecule has 0 spiro atoms. The highest BCUT2D eigenvalue weighted by Crippen LogP contribution is 2.13. The molecule has 116 valence electrons. The smallest absolute Gasteiger partial charge is 0.308 e. The van der Waals surface area contributed by atoms with Crippen molar-refractivity contribution in [3.05, 3.63) is 59.7 Å². The third-order valence-electron chi connectivity index (χ3n) is 3.03. The SMILES string of the molecule is CN=C(NN)c1cccc(NC(=O)Nc2ccc(C#N)cc2)c1. The van der Waals surface area contributed by atoms with E-state index in [1.807, 2.05) is 12.1 Å². The molecule has 0 aliphatic carbocycles. The minimum absolute atomic E-state index is 0.387. The summed E-state index contributed by atoms with van der Waals surface area (Å²) < 4.78 is 0. The Labute approximate surface area is 133 Å². The zero-order valence-electron chi connectivity index (χ0n) is 12.5. The number of carbonyl (C=O) groups is 1. The highest BCUT2D eigenvalue weighted by Gasteiger charge is 2.05. The minimum atomic E-state index is -0.387. The fraction of sp³-hybridized carbons (Fsp3) is 0.0625. The standard InChI is InChI=1S/C16H16N6O/c1-19-15(22-18)12-3-2-4-14(9-12)21-16(23)20-13-7-5-11(10-17)6-8-13/h2-9H,18H2,1H3,(H,19,22)(H2,20,21,23). The molecule has 0 bridgehead atoms. The van der Waals surface area contributed by atoms with Crippen LogP contribution in [0.5, 0.6) is 0 Å². The molecule has 5 N–H and O–H groups in total. The molecule has 0 saturated heterocycles. The molecule has 0 atom stereocenters. The van der Waals surface area contributed by atoms with Gasteiger partial charge in [0.05, 0.1) is 11.6 Å². The van der Waals surface area contributed by atoms with Gasteiger partial charge in [-0.3, -0.25) is 4.99 Å². The van der Waals surface area contributed by atoms with Crippen molar-refractivity contribution in [3.8, 4) is 6.07 Å². The molecule has 7 heteroatoms. The van der Waals surface area contributed by atoms with E-state index in [1.54, 1.807) is 49.5 Å². The van der Waals surface area contributed by atoms with Crippen LogP contribution in [-0.2, 0) is 0 Å². The number of nitrogens with one attached hydrogen (secondary N) is 3. The minimum Gasteiger partial charge on any atom is -0.308 e. The molecular formula is C16H16N6O. The number of nitriles is 1. The number of urea groups is 1. The third kappa shape index (κ3) is 4.30. The van der Waals surface area contributed by atoms with Gasteiger partial charge in [0.25, 0.3) is 0 Å². The van der Waals surface area contributed by atoms with Crippen molar-refractivity contribution < 1.29 is 4.79 Å². The number of amides is 2. The van der Waals surface area contributed by atoms with Crippen LogP contribution in [0.25, 0.3) is 0 Å². The molecule has 0 saturated carbocycles. The Balaban J connectivity index is 2.05. The molecule has 2 aromatic rings. The highest BCUT2D eigenvalue weighted by molar-refractivity contribution is 6.02. The molecule has 2 rings (SSSR count). The zero-order chi connectivity index (χ0) is 16.7. The first-order chi connectivity index (χ1) is 11.2. The summed E-state index contributed by atoms with van der Waals surface area (Å²) in [5.41, 5.74) is 4.98. The van der Waals surface area contributed by atoms with Gasteiger partial charge in [-0.05, 0) is 36.4 Å². The topological polar surface area (TPSA) is 115 Å². The van der Waals surface area contributed by atoms with Crippen molar-refractivity contribution in [1.29, 1.82) is 5.26 Å². The molecule has 23 heavy (non-hydrogen) atoms. The van der Waals surface area contributed by atoms with Gasteiger partial charge >= 0.3 is 6.03 Å². The predicted octanol–water partition coefficient (Wildman–Crippen LogP) is 2.04. The third-order valence-corrected chi connectivity index (χ3v) is 3.03. The van der Waals surface area contributed by atoms with Crippen molar-refractivity contribution in [1.82, 2.24) is 5.43 Å². The highest BCUT2D eigenvalue weighted by atomic mass is 16.2. The number of benzene rings is 2. The Hall–Kier alpha value is -3.37. The van der Waals surface area contributed by atoms with Gasteiger partial charge in [-0.25, -0.2) is 10.6 Å². The number of hydrogen-bond acceptors (Lipinski definition) is 4. The first-order valence-electron chi connectivity index (χ1n) is 6.78. The second-order valence-electron chi connectivity index (χ2n) is 4.57. The van der Waals surface area contributed by atoms with E-state index in [2.05, 4.69) is 21.1 Å². The van der Waals surface area contributed by atoms with E-state index < -0.39 is 0 Å². The number of carbonyl (C=O) groups excluding carboxylic acids is 1. The summed E-state index contributed by atoms with van der Waals surface area (Å²) in [4.78, 5) is 16.0. The predicted molar refractivity (Wildman–Crippen MR) is 90.0 cm³/mol. The van der Waals surface area contributed by atoms with Crippen LogP contribution < -0.4 is 21.9 Å². The van der Waals surface area contributed by atoms with Gasteiger partial charge in [0.1, 0.15) is 5.84 Å². The number of rotatable bonds is 3. The number of nitrogens with two attached hydrogens (primary N) is 1. The largest absolute Gasteiger partial charge is 0.323 e. The van der Waals surface area contributed by atoms with Gasteiger partial charge in [0.2, 0.25) is 0 Å². The number of amidine groups is 1. The van der Waals surface area contributed by atoms with Gasteiger partial charge in [0, 0.05) is 24.0 Å². The lowest BCUT2D eigenvalue weighted by Crippen LogP contribution is -2.31. The van der Waals surface area contributed by atoms with E-state index in [0.717, 1.165) is 5.56 Å². The van der Waals surface area contributed by atoms with E-state index >= 15 is 0 Å². The lowest BCUT2D eigenvalue weighted by molar-refractivity contribution is 0.262. The second kappa shape index (κ2) is 7.59. The summed E-state index contributed by atoms with van der Waals surface area (Å²) in [6, 6.07) is 15.3. The molecular weight excluding hydrogens is 292 g/mol. The van der Waals surface area contributed by atoms with Gasteiger partial charge in [0.15, 0.2) is 0 Å². The van der Waals surface area contributed by atoms with Crippen LogP contribution in [0.15, 0.2) is 53.5 Å². The maximum absolute atomic E-state index is 12.0. The van der Waals surface area contributed by atoms with E-state index in [0.29, 0.717) is 22.8 Å². The van der Waals surface area contributed by atoms with Crippen LogP contribution in [0.1, 0.15) is 11.1 Å². The number of aliphatic imine (C=N–C) groups is 1. The van der Waals surface area contributed by atoms with E-state index in [-0.39, 0.29) is 6.03 Å². The number of hydrogen-bond donors (Lipinski definition) is 4. The quantitative estimate of drug-likeness (QED) is 0.300. The Bertz CT molecular complexity index is 761. The Kier molecular flexibility index (Phi) is 5.28. The first kappa shape index (κ1) is 16.0. The molecule has 0 unspecified atom stereocenters. The second-order valence-corrected chi connectivity index (χ2v) is 4.57. The summed E-state index contributed by atoms with van der Waals surface area (Å²) in [5, 5.41) is 14.2. The van der Waals surface area contributed by atoms with Crippen molar-refractivity contribution in [3.63, 3.8) is 0 Å². The molecule has 7 nitrogen and oxygen atoms in total. The van der Waals surface area contributed by atoms with Gasteiger partial charge in [-0.1, -0.05) is 12.1 Å². The van der Waals surface area contributed by atoms with Crippen molar-refractivity contribution in [2.45, 2.75) is 0 Å². The molecule has 0 heterocycles. The zero-order valence-corrected chi connectivity index (χ0v) is 12.5. The first-order valence-corrected chi connectivity index (χ1v) is 6.78. The molecule has 0 radical (unpaired) electrons. The Morgan fingerprint density at radius 3 is 2.43 bits per heavy atom. The maximum Gasteiger partial charge on any atom is 0.323 e. The molecule has 0 aliphatic rings. The normalized spacial score (nSPS) is 10.6. The van der Waals surface area contributed by atoms with Crippen LogP contribution in [0.3, 0.4) is 0 Å². The van der Waals surface area contributed by atoms with Crippen molar-refractivity contribution in [2.75, 3.05) is 17.7 Å². The maximum atomic E-state index is 12.0. The van der Waals surface area contributed by atoms with Crippen LogP contribution in [-0.4, -0.2) is 18.9 Å². The monoisotopic (exact) mass is 308 g/mol. The lowest BCUT2D eigenvalue weighted by Gasteiger charge is -2.10. The molecule has 2 aromatic carbocycles. The lowest BCUT2D eigenvalue weighted by atomic mass is 10.2. The number of hydrazine groups is 1. The van der Waals surface area contributed by atoms with E-state index in [9.17, 15) is 4.79 Å². The molecule has 2 amide bonds. The van der Waals surface area contributed by atoms with Gasteiger partial charge in [-0.2, -0.15) is 5.26 Å². The Morgan fingerprint density at radius 1 is 1.13 bits per heavy atom. The summed E-state index contributed by atoms with van der Waals surface area (Å²) in [6.45, 7) is 0. The van der Waals surface area contributed by atoms with E-state index in [1.165, 1.54) is 0 Å². The molecule has 0 fully saturated rings. The summed E-state index contributed by atoms with van der Waals surface area (Å²) in [5.74, 6) is 5.90. The summed E-state index contributed by atoms with van der Waals surface area (Å²) in [6.07, 6.45) is 0.